The van der Waals surface area contributed by atoms with Crippen molar-refractivity contribution in [2.24, 2.45) is 5.92 Å². The number of nitrogens with one attached hydrogen (secondary N) is 1. The molecule has 0 spiro atoms. The maximum atomic E-state index is 6.18. The van der Waals surface area contributed by atoms with E-state index in [2.05, 4.69) is 44.3 Å². The lowest BCUT2D eigenvalue weighted by Gasteiger charge is -2.24. The monoisotopic (exact) mass is 239 g/mol. The van der Waals surface area contributed by atoms with Crippen molar-refractivity contribution in [1.29, 1.82) is 0 Å². The van der Waals surface area contributed by atoms with Crippen LogP contribution < -0.4 is 5.32 Å². The van der Waals surface area contributed by atoms with Crippen LogP contribution in [-0.4, -0.2) is 6.54 Å². The Kier molecular flexibility index (Phi) is 5.30. The fourth-order valence-electron chi connectivity index (χ4n) is 1.91. The predicted octanol–water partition coefficient (Wildman–Crippen LogP) is 4.35. The van der Waals surface area contributed by atoms with E-state index in [0.29, 0.717) is 12.0 Å². The lowest BCUT2D eigenvalue weighted by atomic mass is 9.92. The van der Waals surface area contributed by atoms with Crippen LogP contribution in [0.4, 0.5) is 0 Å². The number of benzene rings is 1. The molecule has 0 bridgehead atoms. The van der Waals surface area contributed by atoms with Gasteiger partial charge < -0.3 is 5.32 Å². The second-order valence-corrected chi connectivity index (χ2v) is 4.84. The highest BCUT2D eigenvalue weighted by Gasteiger charge is 2.17. The molecule has 1 nitrogen and oxygen atoms in total. The number of halogens is 1. The Balaban J connectivity index is 2.96. The zero-order valence-corrected chi connectivity index (χ0v) is 11.4. The zero-order chi connectivity index (χ0) is 12.1. The van der Waals surface area contributed by atoms with E-state index in [4.69, 9.17) is 11.6 Å². The molecule has 0 aliphatic carbocycles. The molecule has 0 aromatic heterocycles. The van der Waals surface area contributed by atoms with Crippen LogP contribution in [0.15, 0.2) is 18.2 Å². The van der Waals surface area contributed by atoms with Crippen LogP contribution in [0.2, 0.25) is 5.02 Å². The van der Waals surface area contributed by atoms with E-state index < -0.39 is 0 Å². The number of hydrogen-bond acceptors (Lipinski definition) is 1. The van der Waals surface area contributed by atoms with Gasteiger partial charge in [-0.25, -0.2) is 0 Å². The summed E-state index contributed by atoms with van der Waals surface area (Å²) < 4.78 is 0. The van der Waals surface area contributed by atoms with Gasteiger partial charge in [-0.3, -0.25) is 0 Å². The summed E-state index contributed by atoms with van der Waals surface area (Å²) in [4.78, 5) is 0. The van der Waals surface area contributed by atoms with Gasteiger partial charge >= 0.3 is 0 Å². The summed E-state index contributed by atoms with van der Waals surface area (Å²) in [7, 11) is 0. The Hall–Kier alpha value is -0.530. The Morgan fingerprint density at radius 3 is 2.50 bits per heavy atom. The number of aryl methyl sites for hydroxylation is 1. The first-order valence-electron chi connectivity index (χ1n) is 6.09. The highest BCUT2D eigenvalue weighted by atomic mass is 35.5. The van der Waals surface area contributed by atoms with Crippen LogP contribution in [0.5, 0.6) is 0 Å². The Morgan fingerprint density at radius 1 is 1.31 bits per heavy atom. The Bertz CT molecular complexity index is 336. The van der Waals surface area contributed by atoms with Crippen molar-refractivity contribution >= 4 is 11.6 Å². The van der Waals surface area contributed by atoms with Crippen molar-refractivity contribution in [3.63, 3.8) is 0 Å². The highest BCUT2D eigenvalue weighted by molar-refractivity contribution is 6.31. The molecule has 2 atom stereocenters. The van der Waals surface area contributed by atoms with Crippen LogP contribution in [0.25, 0.3) is 0 Å². The SMILES string of the molecule is CCNC(c1ccc(C)c(Cl)c1)C(C)CC. The molecule has 0 aliphatic heterocycles. The van der Waals surface area contributed by atoms with E-state index in [1.807, 2.05) is 6.92 Å². The van der Waals surface area contributed by atoms with Gasteiger partial charge in [-0.05, 0) is 36.6 Å². The molecule has 0 heterocycles. The summed E-state index contributed by atoms with van der Waals surface area (Å²) in [5, 5.41) is 4.40. The summed E-state index contributed by atoms with van der Waals surface area (Å²) in [6.07, 6.45) is 1.17. The van der Waals surface area contributed by atoms with E-state index in [9.17, 15) is 0 Å². The smallest absolute Gasteiger partial charge is 0.0438 e. The van der Waals surface area contributed by atoms with Crippen molar-refractivity contribution in [2.75, 3.05) is 6.54 Å². The van der Waals surface area contributed by atoms with Crippen molar-refractivity contribution in [2.45, 2.75) is 40.2 Å². The first kappa shape index (κ1) is 13.5. The molecule has 0 amide bonds. The standard InChI is InChI=1S/C14H22ClN/c1-5-10(3)14(16-6-2)12-8-7-11(4)13(15)9-12/h7-10,14,16H,5-6H2,1-4H3. The van der Waals surface area contributed by atoms with E-state index in [1.165, 1.54) is 12.0 Å². The van der Waals surface area contributed by atoms with Crippen molar-refractivity contribution in [1.82, 2.24) is 5.32 Å². The summed E-state index contributed by atoms with van der Waals surface area (Å²) >= 11 is 6.18. The third kappa shape index (κ3) is 3.23. The molecule has 2 unspecified atom stereocenters. The molecule has 1 N–H and O–H groups in total. The first-order chi connectivity index (χ1) is 7.60. The largest absolute Gasteiger partial charge is 0.310 e. The van der Waals surface area contributed by atoms with E-state index in [-0.39, 0.29) is 0 Å². The predicted molar refractivity (Wildman–Crippen MR) is 72.1 cm³/mol. The summed E-state index contributed by atoms with van der Waals surface area (Å²) in [5.74, 6) is 0.624. The number of rotatable bonds is 5. The van der Waals surface area contributed by atoms with Crippen LogP contribution >= 0.6 is 11.6 Å². The summed E-state index contributed by atoms with van der Waals surface area (Å²) in [6, 6.07) is 6.79. The van der Waals surface area contributed by atoms with Crippen LogP contribution in [0.1, 0.15) is 44.4 Å². The zero-order valence-electron chi connectivity index (χ0n) is 10.7. The first-order valence-corrected chi connectivity index (χ1v) is 6.47. The Labute approximate surface area is 104 Å². The quantitative estimate of drug-likeness (QED) is 0.806. The summed E-state index contributed by atoms with van der Waals surface area (Å²) in [5.41, 5.74) is 2.44. The molecule has 1 rings (SSSR count). The Morgan fingerprint density at radius 2 is 2.00 bits per heavy atom. The van der Waals surface area contributed by atoms with E-state index >= 15 is 0 Å². The minimum Gasteiger partial charge on any atom is -0.310 e. The van der Waals surface area contributed by atoms with Crippen molar-refractivity contribution in [3.05, 3.63) is 34.3 Å². The van der Waals surface area contributed by atoms with Crippen LogP contribution in [0.3, 0.4) is 0 Å². The van der Waals surface area contributed by atoms with E-state index in [0.717, 1.165) is 17.1 Å². The van der Waals surface area contributed by atoms with Gasteiger partial charge in [0.1, 0.15) is 0 Å². The topological polar surface area (TPSA) is 12.0 Å². The van der Waals surface area contributed by atoms with Gasteiger partial charge in [0.25, 0.3) is 0 Å². The minimum absolute atomic E-state index is 0.410. The third-order valence-electron chi connectivity index (χ3n) is 3.19. The molecular formula is C14H22ClN. The van der Waals surface area contributed by atoms with Gasteiger partial charge in [0, 0.05) is 11.1 Å². The average Bonchev–Trinajstić information content (AvgIpc) is 2.29. The lowest BCUT2D eigenvalue weighted by Crippen LogP contribution is -2.26. The molecule has 16 heavy (non-hydrogen) atoms. The maximum Gasteiger partial charge on any atom is 0.0438 e. The van der Waals surface area contributed by atoms with E-state index in [1.54, 1.807) is 0 Å². The molecule has 0 aliphatic rings. The van der Waals surface area contributed by atoms with Crippen LogP contribution in [0, 0.1) is 12.8 Å². The molecule has 1 aromatic rings. The molecule has 0 fully saturated rings. The van der Waals surface area contributed by atoms with Gasteiger partial charge in [-0.2, -0.15) is 0 Å². The fraction of sp³-hybridized carbons (Fsp3) is 0.571. The summed E-state index contributed by atoms with van der Waals surface area (Å²) in [6.45, 7) is 9.68. The second kappa shape index (κ2) is 6.27. The van der Waals surface area contributed by atoms with Gasteiger partial charge in [0.2, 0.25) is 0 Å². The number of hydrogen-bond donors (Lipinski definition) is 1. The maximum absolute atomic E-state index is 6.18. The minimum atomic E-state index is 0.410. The normalized spacial score (nSPS) is 14.8. The highest BCUT2D eigenvalue weighted by Crippen LogP contribution is 2.27. The lowest BCUT2D eigenvalue weighted by molar-refractivity contribution is 0.384. The molecule has 90 valence electrons. The fourth-order valence-corrected chi connectivity index (χ4v) is 2.09. The average molecular weight is 240 g/mol. The van der Waals surface area contributed by atoms with Gasteiger partial charge in [-0.15, -0.1) is 0 Å². The van der Waals surface area contributed by atoms with Crippen molar-refractivity contribution < 1.29 is 0 Å². The molecule has 2 heteroatoms. The van der Waals surface area contributed by atoms with Gasteiger partial charge in [-0.1, -0.05) is 50.9 Å². The van der Waals surface area contributed by atoms with Crippen LogP contribution in [-0.2, 0) is 0 Å². The van der Waals surface area contributed by atoms with Crippen molar-refractivity contribution in [3.8, 4) is 0 Å². The van der Waals surface area contributed by atoms with Gasteiger partial charge in [0.05, 0.1) is 0 Å². The molecular weight excluding hydrogens is 218 g/mol. The molecule has 0 saturated heterocycles. The molecule has 1 aromatic carbocycles. The van der Waals surface area contributed by atoms with Gasteiger partial charge in [0.15, 0.2) is 0 Å². The molecule has 0 radical (unpaired) electrons. The third-order valence-corrected chi connectivity index (χ3v) is 3.60. The molecule has 0 saturated carbocycles. The second-order valence-electron chi connectivity index (χ2n) is 4.43.